The van der Waals surface area contributed by atoms with Crippen molar-refractivity contribution in [1.82, 2.24) is 15.0 Å². The van der Waals surface area contributed by atoms with Crippen molar-refractivity contribution in [3.8, 4) is 0 Å². The fraction of sp³-hybridized carbons (Fsp3) is 0.143. The molecule has 0 aliphatic heterocycles. The summed E-state index contributed by atoms with van der Waals surface area (Å²) in [6.45, 7) is 0. The lowest BCUT2D eigenvalue weighted by molar-refractivity contribution is 1.01. The van der Waals surface area contributed by atoms with Gasteiger partial charge in [-0.25, -0.2) is 9.97 Å². The molecule has 0 atom stereocenters. The first-order chi connectivity index (χ1) is 5.45. The molecular weight excluding hydrogens is 158 g/mol. The molecule has 2 aromatic heterocycles. The minimum Gasteiger partial charge on any atom is -0.348 e. The topological polar surface area (TPSA) is 41.6 Å². The van der Waals surface area contributed by atoms with Crippen LogP contribution >= 0.6 is 11.3 Å². The third-order valence-electron chi connectivity index (χ3n) is 1.36. The zero-order valence-corrected chi connectivity index (χ0v) is 6.64. The van der Waals surface area contributed by atoms with Gasteiger partial charge in [-0.05, 0) is 0 Å². The molecule has 0 aliphatic carbocycles. The molecule has 0 fully saturated rings. The van der Waals surface area contributed by atoms with Crippen LogP contribution in [0, 0.1) is 0 Å². The van der Waals surface area contributed by atoms with Crippen molar-refractivity contribution in [2.45, 2.75) is 6.42 Å². The van der Waals surface area contributed by atoms with Gasteiger partial charge in [-0.15, -0.1) is 11.3 Å². The lowest BCUT2D eigenvalue weighted by Crippen LogP contribution is -1.88. The van der Waals surface area contributed by atoms with Gasteiger partial charge in [0.25, 0.3) is 0 Å². The van der Waals surface area contributed by atoms with E-state index in [1.807, 2.05) is 17.8 Å². The Kier molecular flexibility index (Phi) is 1.69. The molecule has 0 saturated carbocycles. The molecule has 0 aliphatic rings. The highest BCUT2D eigenvalue weighted by molar-refractivity contribution is 7.09. The van der Waals surface area contributed by atoms with E-state index < -0.39 is 0 Å². The molecular formula is C7H7N3S. The smallest absolute Gasteiger partial charge is 0.112 e. The quantitative estimate of drug-likeness (QED) is 0.731. The number of aromatic amines is 1. The SMILES string of the molecule is c1c[nH]c(Cc2nccs2)n1. The van der Waals surface area contributed by atoms with E-state index >= 15 is 0 Å². The van der Waals surface area contributed by atoms with Crippen LogP contribution in [0.5, 0.6) is 0 Å². The predicted octanol–water partition coefficient (Wildman–Crippen LogP) is 1.46. The molecule has 0 bridgehead atoms. The highest BCUT2D eigenvalue weighted by Gasteiger charge is 1.98. The number of imidazole rings is 1. The molecule has 4 heteroatoms. The molecule has 2 aromatic rings. The summed E-state index contributed by atoms with van der Waals surface area (Å²) in [5.74, 6) is 0.972. The van der Waals surface area contributed by atoms with E-state index in [4.69, 9.17) is 0 Å². The van der Waals surface area contributed by atoms with E-state index in [-0.39, 0.29) is 0 Å². The predicted molar refractivity (Wildman–Crippen MR) is 43.5 cm³/mol. The van der Waals surface area contributed by atoms with Gasteiger partial charge >= 0.3 is 0 Å². The fourth-order valence-electron chi connectivity index (χ4n) is 0.878. The van der Waals surface area contributed by atoms with Crippen molar-refractivity contribution in [2.24, 2.45) is 0 Å². The first-order valence-corrected chi connectivity index (χ1v) is 4.20. The summed E-state index contributed by atoms with van der Waals surface area (Å²) in [5.41, 5.74) is 0. The Hall–Kier alpha value is -1.16. The highest BCUT2D eigenvalue weighted by atomic mass is 32.1. The van der Waals surface area contributed by atoms with E-state index in [0.29, 0.717) is 0 Å². The Bertz CT molecular complexity index is 266. The lowest BCUT2D eigenvalue weighted by atomic mass is 10.4. The summed E-state index contributed by atoms with van der Waals surface area (Å²) in [4.78, 5) is 11.3. The molecule has 56 valence electrons. The Labute approximate surface area is 68.1 Å². The van der Waals surface area contributed by atoms with Gasteiger partial charge in [0, 0.05) is 24.0 Å². The standard InChI is InChI=1S/C7H7N3S/c1-2-9-6(8-1)5-7-10-3-4-11-7/h1-4H,5H2,(H,8,9). The number of hydrogen-bond donors (Lipinski definition) is 1. The first kappa shape index (κ1) is 6.54. The molecule has 11 heavy (non-hydrogen) atoms. The number of H-pyrrole nitrogens is 1. The summed E-state index contributed by atoms with van der Waals surface area (Å²) in [6, 6.07) is 0. The first-order valence-electron chi connectivity index (χ1n) is 3.32. The average Bonchev–Trinajstić information content (AvgIpc) is 2.60. The van der Waals surface area contributed by atoms with Crippen molar-refractivity contribution >= 4 is 11.3 Å². The Morgan fingerprint density at radius 1 is 1.36 bits per heavy atom. The molecule has 0 unspecified atom stereocenters. The van der Waals surface area contributed by atoms with Crippen molar-refractivity contribution in [3.05, 3.63) is 34.8 Å². The van der Waals surface area contributed by atoms with Crippen molar-refractivity contribution in [1.29, 1.82) is 0 Å². The summed E-state index contributed by atoms with van der Waals surface area (Å²) in [5, 5.41) is 3.07. The van der Waals surface area contributed by atoms with Crippen molar-refractivity contribution < 1.29 is 0 Å². The Morgan fingerprint density at radius 3 is 3.00 bits per heavy atom. The van der Waals surface area contributed by atoms with Crippen molar-refractivity contribution in [2.75, 3.05) is 0 Å². The second kappa shape index (κ2) is 2.84. The van der Waals surface area contributed by atoms with Crippen LogP contribution in [0.2, 0.25) is 0 Å². The molecule has 2 heterocycles. The van der Waals surface area contributed by atoms with E-state index in [1.54, 1.807) is 17.5 Å². The zero-order chi connectivity index (χ0) is 7.52. The fourth-order valence-corrected chi connectivity index (χ4v) is 1.50. The Morgan fingerprint density at radius 2 is 2.36 bits per heavy atom. The molecule has 0 aromatic carbocycles. The van der Waals surface area contributed by atoms with Crippen LogP contribution in [0.1, 0.15) is 10.8 Å². The Balaban J connectivity index is 2.14. The van der Waals surface area contributed by atoms with E-state index in [9.17, 15) is 0 Å². The van der Waals surface area contributed by atoms with Gasteiger partial charge in [-0.1, -0.05) is 0 Å². The molecule has 0 saturated heterocycles. The number of nitrogens with zero attached hydrogens (tertiary/aromatic N) is 2. The molecule has 0 amide bonds. The van der Waals surface area contributed by atoms with Gasteiger partial charge in [0.15, 0.2) is 0 Å². The van der Waals surface area contributed by atoms with Crippen LogP contribution in [0.4, 0.5) is 0 Å². The minimum atomic E-state index is 0.810. The van der Waals surface area contributed by atoms with Gasteiger partial charge in [0.05, 0.1) is 11.4 Å². The maximum absolute atomic E-state index is 4.15. The number of nitrogens with one attached hydrogen (secondary N) is 1. The molecule has 2 rings (SSSR count). The maximum Gasteiger partial charge on any atom is 0.112 e. The van der Waals surface area contributed by atoms with E-state index in [0.717, 1.165) is 17.3 Å². The number of rotatable bonds is 2. The largest absolute Gasteiger partial charge is 0.348 e. The normalized spacial score (nSPS) is 10.2. The van der Waals surface area contributed by atoms with Crippen LogP contribution in [-0.2, 0) is 6.42 Å². The summed E-state index contributed by atoms with van der Waals surface area (Å²) in [6.07, 6.45) is 6.19. The van der Waals surface area contributed by atoms with Gasteiger partial charge in [0.1, 0.15) is 5.82 Å². The van der Waals surface area contributed by atoms with Crippen LogP contribution < -0.4 is 0 Å². The van der Waals surface area contributed by atoms with Gasteiger partial charge < -0.3 is 4.98 Å². The molecule has 3 nitrogen and oxygen atoms in total. The lowest BCUT2D eigenvalue weighted by Gasteiger charge is -1.88. The second-order valence-corrected chi connectivity index (χ2v) is 3.12. The van der Waals surface area contributed by atoms with Crippen LogP contribution in [0.3, 0.4) is 0 Å². The highest BCUT2D eigenvalue weighted by Crippen LogP contribution is 2.07. The molecule has 1 N–H and O–H groups in total. The van der Waals surface area contributed by atoms with Gasteiger partial charge in [-0.2, -0.15) is 0 Å². The average molecular weight is 165 g/mol. The summed E-state index contributed by atoms with van der Waals surface area (Å²) < 4.78 is 0. The maximum atomic E-state index is 4.15. The van der Waals surface area contributed by atoms with Crippen LogP contribution in [-0.4, -0.2) is 15.0 Å². The third kappa shape index (κ3) is 1.46. The summed E-state index contributed by atoms with van der Waals surface area (Å²) >= 11 is 1.65. The third-order valence-corrected chi connectivity index (χ3v) is 2.14. The van der Waals surface area contributed by atoms with Crippen molar-refractivity contribution in [3.63, 3.8) is 0 Å². The van der Waals surface area contributed by atoms with E-state index in [2.05, 4.69) is 15.0 Å². The molecule has 0 radical (unpaired) electrons. The monoisotopic (exact) mass is 165 g/mol. The van der Waals surface area contributed by atoms with Crippen LogP contribution in [0.15, 0.2) is 24.0 Å². The van der Waals surface area contributed by atoms with E-state index in [1.165, 1.54) is 0 Å². The van der Waals surface area contributed by atoms with Crippen LogP contribution in [0.25, 0.3) is 0 Å². The molecule has 0 spiro atoms. The van der Waals surface area contributed by atoms with Gasteiger partial charge in [0.2, 0.25) is 0 Å². The number of thiazole rings is 1. The zero-order valence-electron chi connectivity index (χ0n) is 5.82. The summed E-state index contributed by atoms with van der Waals surface area (Å²) in [7, 11) is 0. The minimum absolute atomic E-state index is 0.810. The number of hydrogen-bond acceptors (Lipinski definition) is 3. The van der Waals surface area contributed by atoms with Gasteiger partial charge in [-0.3, -0.25) is 0 Å². The number of aromatic nitrogens is 3. The second-order valence-electron chi connectivity index (χ2n) is 2.14.